The molecule has 0 aliphatic carbocycles. The normalized spacial score (nSPS) is 20.8. The molecule has 0 bridgehead atoms. The van der Waals surface area contributed by atoms with Gasteiger partial charge in [-0.1, -0.05) is 6.92 Å². The van der Waals surface area contributed by atoms with E-state index in [4.69, 9.17) is 5.73 Å². The molecule has 14 heavy (non-hydrogen) atoms. The molecule has 1 aliphatic rings. The monoisotopic (exact) mass is 199 g/mol. The fourth-order valence-electron chi connectivity index (χ4n) is 1.70. The summed E-state index contributed by atoms with van der Waals surface area (Å²) in [6.07, 6.45) is 1.32. The zero-order valence-corrected chi connectivity index (χ0v) is 8.45. The van der Waals surface area contributed by atoms with Crippen LogP contribution in [0.4, 0.5) is 0 Å². The molecule has 1 heterocycles. The molecule has 0 spiro atoms. The van der Waals surface area contributed by atoms with Crippen LogP contribution in [0.3, 0.4) is 0 Å². The Morgan fingerprint density at radius 3 is 2.71 bits per heavy atom. The average molecular weight is 199 g/mol. The molecule has 0 radical (unpaired) electrons. The Kier molecular flexibility index (Phi) is 3.88. The topological polar surface area (TPSA) is 75.4 Å². The van der Waals surface area contributed by atoms with Gasteiger partial charge in [0.25, 0.3) is 0 Å². The van der Waals surface area contributed by atoms with Crippen LogP contribution in [0.2, 0.25) is 0 Å². The van der Waals surface area contributed by atoms with E-state index in [0.29, 0.717) is 6.42 Å². The lowest BCUT2D eigenvalue weighted by atomic mass is 10.2. The van der Waals surface area contributed by atoms with Gasteiger partial charge in [-0.2, -0.15) is 0 Å². The van der Waals surface area contributed by atoms with Crippen LogP contribution in [0.25, 0.3) is 0 Å². The quantitative estimate of drug-likeness (QED) is 0.614. The molecule has 2 amide bonds. The highest BCUT2D eigenvalue weighted by atomic mass is 16.2. The highest BCUT2D eigenvalue weighted by Crippen LogP contribution is 2.09. The number of carbonyl (C=O) groups is 2. The molecule has 5 nitrogen and oxygen atoms in total. The summed E-state index contributed by atoms with van der Waals surface area (Å²) < 4.78 is 0. The molecule has 0 saturated carbocycles. The Morgan fingerprint density at radius 2 is 2.29 bits per heavy atom. The van der Waals surface area contributed by atoms with Crippen molar-refractivity contribution in [1.82, 2.24) is 10.2 Å². The Bertz CT molecular complexity index is 224. The summed E-state index contributed by atoms with van der Waals surface area (Å²) in [4.78, 5) is 23.9. The molecule has 0 aromatic heterocycles. The molecule has 1 aliphatic heterocycles. The molecule has 0 aromatic carbocycles. The van der Waals surface area contributed by atoms with Gasteiger partial charge < -0.3 is 16.0 Å². The summed E-state index contributed by atoms with van der Waals surface area (Å²) >= 11 is 0. The largest absolute Gasteiger partial charge is 0.368 e. The van der Waals surface area contributed by atoms with Crippen molar-refractivity contribution in [2.45, 2.75) is 25.8 Å². The van der Waals surface area contributed by atoms with E-state index in [9.17, 15) is 9.59 Å². The van der Waals surface area contributed by atoms with E-state index in [0.717, 1.165) is 19.5 Å². The number of rotatable bonds is 4. The van der Waals surface area contributed by atoms with Gasteiger partial charge in [-0.15, -0.1) is 0 Å². The molecular weight excluding hydrogens is 182 g/mol. The maximum atomic E-state index is 11.5. The number of primary amides is 1. The van der Waals surface area contributed by atoms with Crippen molar-refractivity contribution < 1.29 is 9.59 Å². The van der Waals surface area contributed by atoms with E-state index in [1.165, 1.54) is 0 Å². The van der Waals surface area contributed by atoms with Crippen molar-refractivity contribution in [1.29, 1.82) is 0 Å². The van der Waals surface area contributed by atoms with Gasteiger partial charge in [-0.3, -0.25) is 9.59 Å². The van der Waals surface area contributed by atoms with Crippen LogP contribution < -0.4 is 11.1 Å². The Labute approximate surface area is 83.6 Å². The van der Waals surface area contributed by atoms with Crippen LogP contribution in [-0.2, 0) is 9.59 Å². The van der Waals surface area contributed by atoms with E-state index in [1.807, 2.05) is 0 Å². The summed E-state index contributed by atoms with van der Waals surface area (Å²) in [5.74, 6) is -0.448. The van der Waals surface area contributed by atoms with Gasteiger partial charge in [0.1, 0.15) is 0 Å². The van der Waals surface area contributed by atoms with Crippen LogP contribution in [-0.4, -0.2) is 42.4 Å². The second-order valence-electron chi connectivity index (χ2n) is 3.49. The van der Waals surface area contributed by atoms with E-state index >= 15 is 0 Å². The number of nitrogens with one attached hydrogen (secondary N) is 1. The first-order valence-corrected chi connectivity index (χ1v) is 4.93. The molecule has 1 atom stereocenters. The van der Waals surface area contributed by atoms with Crippen LogP contribution in [0, 0.1) is 0 Å². The molecule has 5 heteroatoms. The van der Waals surface area contributed by atoms with Gasteiger partial charge in [0.15, 0.2) is 0 Å². The first kappa shape index (κ1) is 11.0. The van der Waals surface area contributed by atoms with Gasteiger partial charge in [-0.25, -0.2) is 0 Å². The summed E-state index contributed by atoms with van der Waals surface area (Å²) in [5, 5.41) is 3.16. The minimum absolute atomic E-state index is 0.00231. The maximum absolute atomic E-state index is 11.5. The lowest BCUT2D eigenvalue weighted by Gasteiger charge is -2.26. The minimum atomic E-state index is -0.446. The van der Waals surface area contributed by atoms with E-state index in [2.05, 4.69) is 5.32 Å². The smallest absolute Gasteiger partial charge is 0.237 e. The van der Waals surface area contributed by atoms with E-state index in [1.54, 1.807) is 11.8 Å². The maximum Gasteiger partial charge on any atom is 0.237 e. The molecule has 3 N–H and O–H groups in total. The molecule has 1 rings (SSSR count). The fourth-order valence-corrected chi connectivity index (χ4v) is 1.70. The second kappa shape index (κ2) is 4.95. The second-order valence-corrected chi connectivity index (χ2v) is 3.49. The summed E-state index contributed by atoms with van der Waals surface area (Å²) in [7, 11) is 0. The number of amides is 2. The van der Waals surface area contributed by atoms with Crippen molar-refractivity contribution >= 4 is 11.8 Å². The molecule has 1 saturated heterocycles. The standard InChI is InChI=1S/C9H17N3O2/c1-2-9(14)12(6-8(10)13)7-3-4-11-5-7/h7,11H,2-6H2,1H3,(H2,10,13). The van der Waals surface area contributed by atoms with E-state index < -0.39 is 5.91 Å². The summed E-state index contributed by atoms with van der Waals surface area (Å²) in [6.45, 7) is 3.49. The third-order valence-corrected chi connectivity index (χ3v) is 2.42. The first-order valence-electron chi connectivity index (χ1n) is 4.93. The fraction of sp³-hybridized carbons (Fsp3) is 0.778. The third kappa shape index (κ3) is 2.70. The predicted octanol–water partition coefficient (Wildman–Crippen LogP) is -0.928. The van der Waals surface area contributed by atoms with Crippen LogP contribution in [0.5, 0.6) is 0 Å². The number of nitrogens with zero attached hydrogens (tertiary/aromatic N) is 1. The Balaban J connectivity index is 2.59. The number of carbonyl (C=O) groups excluding carboxylic acids is 2. The van der Waals surface area contributed by atoms with Gasteiger partial charge in [-0.05, 0) is 13.0 Å². The average Bonchev–Trinajstić information content (AvgIpc) is 2.65. The molecular formula is C9H17N3O2. The van der Waals surface area contributed by atoms with Gasteiger partial charge >= 0.3 is 0 Å². The van der Waals surface area contributed by atoms with Gasteiger partial charge in [0.05, 0.1) is 6.54 Å². The van der Waals surface area contributed by atoms with Gasteiger partial charge in [0.2, 0.25) is 11.8 Å². The number of hydrogen-bond acceptors (Lipinski definition) is 3. The molecule has 0 aromatic rings. The summed E-state index contributed by atoms with van der Waals surface area (Å²) in [5.41, 5.74) is 5.10. The zero-order chi connectivity index (χ0) is 10.6. The highest BCUT2D eigenvalue weighted by Gasteiger charge is 2.26. The summed E-state index contributed by atoms with van der Waals surface area (Å²) in [6, 6.07) is 0.134. The van der Waals surface area contributed by atoms with Crippen molar-refractivity contribution in [3.8, 4) is 0 Å². The number of nitrogens with two attached hydrogens (primary N) is 1. The van der Waals surface area contributed by atoms with Crippen LogP contribution in [0.1, 0.15) is 19.8 Å². The minimum Gasteiger partial charge on any atom is -0.368 e. The third-order valence-electron chi connectivity index (χ3n) is 2.42. The van der Waals surface area contributed by atoms with Crippen molar-refractivity contribution in [3.05, 3.63) is 0 Å². The molecule has 80 valence electrons. The lowest BCUT2D eigenvalue weighted by Crippen LogP contribution is -2.45. The number of hydrogen-bond donors (Lipinski definition) is 2. The van der Waals surface area contributed by atoms with Crippen LogP contribution in [0.15, 0.2) is 0 Å². The van der Waals surface area contributed by atoms with E-state index in [-0.39, 0.29) is 18.5 Å². The Morgan fingerprint density at radius 1 is 1.57 bits per heavy atom. The van der Waals surface area contributed by atoms with Crippen molar-refractivity contribution in [2.24, 2.45) is 5.73 Å². The SMILES string of the molecule is CCC(=O)N(CC(N)=O)C1CCNC1. The lowest BCUT2D eigenvalue weighted by molar-refractivity contribution is -0.136. The van der Waals surface area contributed by atoms with Gasteiger partial charge in [0, 0.05) is 19.0 Å². The zero-order valence-electron chi connectivity index (χ0n) is 8.45. The van der Waals surface area contributed by atoms with Crippen molar-refractivity contribution in [2.75, 3.05) is 19.6 Å². The van der Waals surface area contributed by atoms with Crippen LogP contribution >= 0.6 is 0 Å². The highest BCUT2D eigenvalue weighted by molar-refractivity contribution is 5.83. The molecule has 1 fully saturated rings. The molecule has 1 unspecified atom stereocenters. The predicted molar refractivity (Wildman–Crippen MR) is 52.5 cm³/mol. The first-order chi connectivity index (χ1) is 6.65. The Hall–Kier alpha value is -1.10. The van der Waals surface area contributed by atoms with Crippen molar-refractivity contribution in [3.63, 3.8) is 0 Å².